The number of hydrogen-bond donors (Lipinski definition) is 3. The Morgan fingerprint density at radius 1 is 1.18 bits per heavy atom. The Bertz CT molecular complexity index is 532. The zero-order chi connectivity index (χ0) is 16.7. The van der Waals surface area contributed by atoms with E-state index in [1.807, 2.05) is 6.92 Å². The molecule has 1 aromatic carbocycles. The van der Waals surface area contributed by atoms with Crippen molar-refractivity contribution < 1.29 is 9.59 Å². The molecule has 1 aromatic rings. The summed E-state index contributed by atoms with van der Waals surface area (Å²) < 4.78 is 0. The Kier molecular flexibility index (Phi) is 7.18. The average molecular weight is 326 g/mol. The van der Waals surface area contributed by atoms with E-state index in [1.165, 1.54) is 7.05 Å². The van der Waals surface area contributed by atoms with E-state index in [9.17, 15) is 9.59 Å². The van der Waals surface area contributed by atoms with Crippen LogP contribution in [0.3, 0.4) is 0 Å². The molecule has 3 amide bonds. The van der Waals surface area contributed by atoms with Crippen molar-refractivity contribution in [3.8, 4) is 0 Å². The van der Waals surface area contributed by atoms with Gasteiger partial charge in [0.15, 0.2) is 0 Å². The predicted molar refractivity (Wildman–Crippen MR) is 90.5 cm³/mol. The first-order valence-corrected chi connectivity index (χ1v) is 7.80. The Balaban J connectivity index is 2.58. The molecular weight excluding hydrogens is 302 g/mol. The van der Waals surface area contributed by atoms with Crippen LogP contribution >= 0.6 is 11.6 Å². The highest BCUT2D eigenvalue weighted by Crippen LogP contribution is 2.21. The van der Waals surface area contributed by atoms with Crippen molar-refractivity contribution in [2.75, 3.05) is 12.4 Å². The molecule has 0 radical (unpaired) electrons. The zero-order valence-electron chi connectivity index (χ0n) is 13.5. The van der Waals surface area contributed by atoms with Crippen LogP contribution in [-0.2, 0) is 0 Å². The number of carbonyl (C=O) groups excluding carboxylic acids is 2. The third-order valence-corrected chi connectivity index (χ3v) is 3.57. The molecule has 0 aliphatic carbocycles. The molecule has 0 aliphatic heterocycles. The highest BCUT2D eigenvalue weighted by Gasteiger charge is 2.11. The maximum atomic E-state index is 11.9. The molecule has 0 aliphatic rings. The van der Waals surface area contributed by atoms with Gasteiger partial charge in [0.2, 0.25) is 0 Å². The van der Waals surface area contributed by atoms with Crippen LogP contribution < -0.4 is 16.0 Å². The van der Waals surface area contributed by atoms with Gasteiger partial charge in [-0.3, -0.25) is 4.79 Å². The minimum absolute atomic E-state index is 0.100. The van der Waals surface area contributed by atoms with E-state index in [-0.39, 0.29) is 18.0 Å². The number of carbonyl (C=O) groups is 2. The highest BCUT2D eigenvalue weighted by atomic mass is 35.5. The fourth-order valence-corrected chi connectivity index (χ4v) is 2.22. The van der Waals surface area contributed by atoms with Gasteiger partial charge in [-0.2, -0.15) is 0 Å². The standard InChI is InChI=1S/C16H24ClN3O2/c1-10(2)5-6-11(3)19-16(22)20-12-7-8-13(14(17)9-12)15(21)18-4/h7-11H,5-6H2,1-4H3,(H,18,21)(H2,19,20,22). The van der Waals surface area contributed by atoms with Crippen molar-refractivity contribution in [3.05, 3.63) is 28.8 Å². The summed E-state index contributed by atoms with van der Waals surface area (Å²) in [7, 11) is 1.54. The lowest BCUT2D eigenvalue weighted by molar-refractivity contribution is 0.0963. The molecule has 0 bridgehead atoms. The second-order valence-electron chi connectivity index (χ2n) is 5.74. The lowest BCUT2D eigenvalue weighted by atomic mass is 10.0. The van der Waals surface area contributed by atoms with E-state index in [0.29, 0.717) is 22.2 Å². The summed E-state index contributed by atoms with van der Waals surface area (Å²) in [5, 5.41) is 8.40. The van der Waals surface area contributed by atoms with Gasteiger partial charge in [0, 0.05) is 18.8 Å². The second kappa shape index (κ2) is 8.63. The van der Waals surface area contributed by atoms with Crippen LogP contribution in [-0.4, -0.2) is 25.0 Å². The monoisotopic (exact) mass is 325 g/mol. The quantitative estimate of drug-likeness (QED) is 0.747. The van der Waals surface area contributed by atoms with Gasteiger partial charge < -0.3 is 16.0 Å². The van der Waals surface area contributed by atoms with Crippen molar-refractivity contribution in [1.82, 2.24) is 10.6 Å². The minimum atomic E-state index is -0.278. The molecule has 0 heterocycles. The largest absolute Gasteiger partial charge is 0.355 e. The molecule has 3 N–H and O–H groups in total. The molecule has 0 aromatic heterocycles. The van der Waals surface area contributed by atoms with Crippen molar-refractivity contribution in [2.45, 2.75) is 39.7 Å². The smallest absolute Gasteiger partial charge is 0.319 e. The van der Waals surface area contributed by atoms with E-state index in [2.05, 4.69) is 29.8 Å². The van der Waals surface area contributed by atoms with Gasteiger partial charge in [0.1, 0.15) is 0 Å². The molecule has 1 rings (SSSR count). The number of halogens is 1. The summed E-state index contributed by atoms with van der Waals surface area (Å²) in [6.07, 6.45) is 2.00. The maximum absolute atomic E-state index is 11.9. The average Bonchev–Trinajstić information content (AvgIpc) is 2.44. The maximum Gasteiger partial charge on any atom is 0.319 e. The van der Waals surface area contributed by atoms with Crippen molar-refractivity contribution in [1.29, 1.82) is 0 Å². The number of nitrogens with one attached hydrogen (secondary N) is 3. The lowest BCUT2D eigenvalue weighted by Gasteiger charge is -2.16. The molecule has 0 fully saturated rings. The molecule has 0 saturated carbocycles. The topological polar surface area (TPSA) is 70.2 Å². The lowest BCUT2D eigenvalue weighted by Crippen LogP contribution is -2.36. The van der Waals surface area contributed by atoms with E-state index in [0.717, 1.165) is 12.8 Å². The van der Waals surface area contributed by atoms with E-state index in [4.69, 9.17) is 11.6 Å². The van der Waals surface area contributed by atoms with Crippen LogP contribution in [0.4, 0.5) is 10.5 Å². The first-order chi connectivity index (χ1) is 10.3. The Hall–Kier alpha value is -1.75. The number of urea groups is 1. The molecule has 0 saturated heterocycles. The Labute approximate surface area is 136 Å². The Morgan fingerprint density at radius 2 is 1.86 bits per heavy atom. The third kappa shape index (κ3) is 5.93. The van der Waals surface area contributed by atoms with Crippen LogP contribution in [0.2, 0.25) is 5.02 Å². The SMILES string of the molecule is CNC(=O)c1ccc(NC(=O)NC(C)CCC(C)C)cc1Cl. The number of hydrogen-bond acceptors (Lipinski definition) is 2. The number of rotatable bonds is 6. The minimum Gasteiger partial charge on any atom is -0.355 e. The second-order valence-corrected chi connectivity index (χ2v) is 6.15. The summed E-state index contributed by atoms with van der Waals surface area (Å²) in [6.45, 7) is 6.29. The first-order valence-electron chi connectivity index (χ1n) is 7.42. The van der Waals surface area contributed by atoms with Gasteiger partial charge in [0.05, 0.1) is 10.6 Å². The van der Waals surface area contributed by atoms with Crippen LogP contribution in [0.15, 0.2) is 18.2 Å². The van der Waals surface area contributed by atoms with Crippen LogP contribution in [0.5, 0.6) is 0 Å². The summed E-state index contributed by atoms with van der Waals surface area (Å²) in [4.78, 5) is 23.5. The van der Waals surface area contributed by atoms with Crippen molar-refractivity contribution in [3.63, 3.8) is 0 Å². The first kappa shape index (κ1) is 18.3. The van der Waals surface area contributed by atoms with E-state index >= 15 is 0 Å². The molecule has 22 heavy (non-hydrogen) atoms. The molecule has 1 atom stereocenters. The van der Waals surface area contributed by atoms with Crippen molar-refractivity contribution in [2.24, 2.45) is 5.92 Å². The van der Waals surface area contributed by atoms with E-state index < -0.39 is 0 Å². The molecule has 1 unspecified atom stereocenters. The zero-order valence-corrected chi connectivity index (χ0v) is 14.3. The van der Waals surface area contributed by atoms with Gasteiger partial charge in [-0.15, -0.1) is 0 Å². The van der Waals surface area contributed by atoms with Gasteiger partial charge in [-0.25, -0.2) is 4.79 Å². The fourth-order valence-electron chi connectivity index (χ4n) is 1.96. The summed E-state index contributed by atoms with van der Waals surface area (Å²) in [6, 6.07) is 4.61. The molecule has 0 spiro atoms. The summed E-state index contributed by atoms with van der Waals surface area (Å²) in [5.74, 6) is 0.353. The molecule has 122 valence electrons. The van der Waals surface area contributed by atoms with Crippen LogP contribution in [0, 0.1) is 5.92 Å². The van der Waals surface area contributed by atoms with Crippen LogP contribution in [0.1, 0.15) is 44.0 Å². The third-order valence-electron chi connectivity index (χ3n) is 3.25. The number of amides is 3. The molecule has 6 heteroatoms. The molecule has 5 nitrogen and oxygen atoms in total. The van der Waals surface area contributed by atoms with E-state index in [1.54, 1.807) is 18.2 Å². The van der Waals surface area contributed by atoms with Crippen molar-refractivity contribution >= 4 is 29.2 Å². The number of anilines is 1. The predicted octanol–water partition coefficient (Wildman–Crippen LogP) is 3.65. The highest BCUT2D eigenvalue weighted by molar-refractivity contribution is 6.34. The van der Waals surface area contributed by atoms with Gasteiger partial charge >= 0.3 is 6.03 Å². The molecular formula is C16H24ClN3O2. The van der Waals surface area contributed by atoms with Gasteiger partial charge in [-0.1, -0.05) is 25.4 Å². The Morgan fingerprint density at radius 3 is 2.41 bits per heavy atom. The van der Waals surface area contributed by atoms with Gasteiger partial charge in [0.25, 0.3) is 5.91 Å². The fraction of sp³-hybridized carbons (Fsp3) is 0.500. The summed E-state index contributed by atoms with van der Waals surface area (Å²) >= 11 is 6.04. The van der Waals surface area contributed by atoms with Gasteiger partial charge in [-0.05, 0) is 43.9 Å². The van der Waals surface area contributed by atoms with Crippen LogP contribution in [0.25, 0.3) is 0 Å². The summed E-state index contributed by atoms with van der Waals surface area (Å²) in [5.41, 5.74) is 0.923. The number of benzene rings is 1. The normalized spacial score (nSPS) is 11.9.